The number of fused-ring (bicyclic) bond motifs is 5. The van der Waals surface area contributed by atoms with Crippen molar-refractivity contribution in [3.05, 3.63) is 24.3 Å². The van der Waals surface area contributed by atoms with E-state index in [9.17, 15) is 10.2 Å². The second-order valence-corrected chi connectivity index (χ2v) is 11.9. The third kappa shape index (κ3) is 3.03. The number of aliphatic hydroxyl groups is 2. The van der Waals surface area contributed by atoms with E-state index in [2.05, 4.69) is 47.3 Å². The van der Waals surface area contributed by atoms with Crippen LogP contribution in [-0.4, -0.2) is 21.9 Å². The molecule has 0 aromatic rings. The summed E-state index contributed by atoms with van der Waals surface area (Å²) in [6.45, 7) is 15.6. The summed E-state index contributed by atoms with van der Waals surface area (Å²) in [5.41, 5.74) is 1.43. The van der Waals surface area contributed by atoms with Gasteiger partial charge in [0.1, 0.15) is 0 Å². The normalized spacial score (nSPS) is 47.4. The van der Waals surface area contributed by atoms with E-state index in [0.29, 0.717) is 16.7 Å². The van der Waals surface area contributed by atoms with Crippen molar-refractivity contribution < 1.29 is 10.2 Å². The maximum Gasteiger partial charge on any atom is 0.0876 e. The lowest BCUT2D eigenvalue weighted by molar-refractivity contribution is -0.0913. The van der Waals surface area contributed by atoms with Gasteiger partial charge in [-0.3, -0.25) is 0 Å². The van der Waals surface area contributed by atoms with Crippen LogP contribution in [0, 0.1) is 46.3 Å². The van der Waals surface area contributed by atoms with E-state index in [1.165, 1.54) is 32.1 Å². The van der Waals surface area contributed by atoms with Gasteiger partial charge in [-0.2, -0.15) is 0 Å². The molecule has 2 nitrogen and oxygen atoms in total. The van der Waals surface area contributed by atoms with Crippen LogP contribution in [0.1, 0.15) is 86.0 Å². The number of hydrogen-bond donors (Lipinski definition) is 2. The van der Waals surface area contributed by atoms with E-state index in [-0.39, 0.29) is 17.9 Å². The third-order valence-corrected chi connectivity index (χ3v) is 10.7. The van der Waals surface area contributed by atoms with Gasteiger partial charge in [-0.25, -0.2) is 0 Å². The van der Waals surface area contributed by atoms with Crippen LogP contribution in [0.4, 0.5) is 0 Å². The molecule has 1 unspecified atom stereocenters. The van der Waals surface area contributed by atoms with Crippen molar-refractivity contribution in [2.75, 3.05) is 0 Å². The summed E-state index contributed by atoms with van der Waals surface area (Å²) in [5.74, 6) is 3.36. The molecular formula is C27H44O2. The molecule has 4 rings (SSSR count). The molecule has 2 heteroatoms. The lowest BCUT2D eigenvalue weighted by Crippen LogP contribution is -2.53. The quantitative estimate of drug-likeness (QED) is 0.557. The Morgan fingerprint density at radius 3 is 2.48 bits per heavy atom. The van der Waals surface area contributed by atoms with Gasteiger partial charge in [-0.05, 0) is 97.7 Å². The molecule has 0 heterocycles. The molecule has 0 spiro atoms. The molecule has 4 aliphatic carbocycles. The molecule has 0 aromatic carbocycles. The Hall–Kier alpha value is -0.600. The molecule has 0 saturated heterocycles. The zero-order valence-electron chi connectivity index (χ0n) is 19.5. The smallest absolute Gasteiger partial charge is 0.0876 e. The lowest BCUT2D eigenvalue weighted by atomic mass is 9.46. The average molecular weight is 401 g/mol. The van der Waals surface area contributed by atoms with Crippen LogP contribution in [0.15, 0.2) is 24.3 Å². The van der Waals surface area contributed by atoms with Crippen molar-refractivity contribution in [1.82, 2.24) is 0 Å². The van der Waals surface area contributed by atoms with Gasteiger partial charge in [0, 0.05) is 0 Å². The topological polar surface area (TPSA) is 40.5 Å². The zero-order chi connectivity index (χ0) is 21.2. The summed E-state index contributed by atoms with van der Waals surface area (Å²) in [6, 6.07) is 0. The van der Waals surface area contributed by atoms with E-state index in [4.69, 9.17) is 0 Å². The fraction of sp³-hybridized carbons (Fsp3) is 0.852. The highest BCUT2D eigenvalue weighted by Gasteiger charge is 2.60. The summed E-state index contributed by atoms with van der Waals surface area (Å²) in [6.07, 6.45) is 13.7. The minimum atomic E-state index is -0.773. The number of hydrogen-bond acceptors (Lipinski definition) is 2. The van der Waals surface area contributed by atoms with Gasteiger partial charge in [0.25, 0.3) is 0 Å². The fourth-order valence-corrected chi connectivity index (χ4v) is 8.77. The van der Waals surface area contributed by atoms with Gasteiger partial charge in [-0.1, -0.05) is 52.3 Å². The van der Waals surface area contributed by atoms with Gasteiger partial charge >= 0.3 is 0 Å². The first kappa shape index (κ1) is 21.6. The Balaban J connectivity index is 1.62. The monoisotopic (exact) mass is 400 g/mol. The first-order chi connectivity index (χ1) is 13.6. The third-order valence-electron chi connectivity index (χ3n) is 10.7. The summed E-state index contributed by atoms with van der Waals surface area (Å²) in [7, 11) is 0. The van der Waals surface area contributed by atoms with Gasteiger partial charge in [0.05, 0.1) is 11.7 Å². The minimum absolute atomic E-state index is 0.121. The fourth-order valence-electron chi connectivity index (χ4n) is 8.77. The number of allylic oxidation sites excluding steroid dienone is 1. The largest absolute Gasteiger partial charge is 0.393 e. The Bertz CT molecular complexity index is 680. The molecular weight excluding hydrogens is 356 g/mol. The maximum absolute atomic E-state index is 11.4. The predicted molar refractivity (Wildman–Crippen MR) is 120 cm³/mol. The Morgan fingerprint density at radius 1 is 1.10 bits per heavy atom. The van der Waals surface area contributed by atoms with E-state index in [0.717, 1.165) is 37.0 Å². The van der Waals surface area contributed by atoms with Crippen LogP contribution in [0.3, 0.4) is 0 Å². The van der Waals surface area contributed by atoms with Gasteiger partial charge in [0.2, 0.25) is 0 Å². The van der Waals surface area contributed by atoms with E-state index in [1.807, 2.05) is 6.08 Å². The highest BCUT2D eigenvalue weighted by atomic mass is 16.3. The molecule has 4 aliphatic rings. The van der Waals surface area contributed by atoms with Crippen molar-refractivity contribution in [2.45, 2.75) is 97.7 Å². The zero-order valence-corrected chi connectivity index (χ0v) is 19.5. The van der Waals surface area contributed by atoms with Gasteiger partial charge in [0.15, 0.2) is 0 Å². The predicted octanol–water partition coefficient (Wildman–Crippen LogP) is 6.14. The molecule has 0 aliphatic heterocycles. The van der Waals surface area contributed by atoms with Crippen molar-refractivity contribution >= 4 is 0 Å². The molecule has 164 valence electrons. The second-order valence-electron chi connectivity index (χ2n) is 11.9. The van der Waals surface area contributed by atoms with Crippen molar-refractivity contribution in [3.8, 4) is 0 Å². The maximum atomic E-state index is 11.4. The molecule has 9 atom stereocenters. The number of rotatable bonds is 4. The first-order valence-corrected chi connectivity index (χ1v) is 12.3. The Labute approximate surface area is 178 Å². The lowest BCUT2D eigenvalue weighted by Gasteiger charge is -2.59. The van der Waals surface area contributed by atoms with Crippen LogP contribution < -0.4 is 0 Å². The van der Waals surface area contributed by atoms with Crippen molar-refractivity contribution in [3.63, 3.8) is 0 Å². The van der Waals surface area contributed by atoms with Crippen LogP contribution >= 0.6 is 0 Å². The van der Waals surface area contributed by atoms with E-state index in [1.54, 1.807) is 5.57 Å². The SMILES string of the molecule is C=CC(O)(C(C)C)[C@@H](C)[C@H]1CC[C@H]2[C@@H]3CC=C4C[C@@H](O)CC[C@]4(C)[C@H]3CC[C@]12C. The molecule has 0 aromatic heterocycles. The standard InChI is InChI=1S/C27H44O2/c1-7-27(29,17(2)3)18(4)22-10-11-23-21-9-8-19-16-20(28)12-14-25(19,5)24(21)13-15-26(22,23)6/h7-8,17-18,20-24,28-29H,1,9-16H2,2-6H3/t18-,20-,21-,22+,23-,24-,25-,26+,27?/m0/s1. The molecule has 0 amide bonds. The summed E-state index contributed by atoms with van der Waals surface area (Å²) < 4.78 is 0. The van der Waals surface area contributed by atoms with Crippen LogP contribution in [0.5, 0.6) is 0 Å². The van der Waals surface area contributed by atoms with E-state index >= 15 is 0 Å². The summed E-state index contributed by atoms with van der Waals surface area (Å²) in [4.78, 5) is 0. The highest BCUT2D eigenvalue weighted by Crippen LogP contribution is 2.67. The molecule has 3 fully saturated rings. The van der Waals surface area contributed by atoms with Crippen molar-refractivity contribution in [2.24, 2.45) is 46.3 Å². The van der Waals surface area contributed by atoms with Gasteiger partial charge in [-0.15, -0.1) is 6.58 Å². The van der Waals surface area contributed by atoms with Crippen LogP contribution in [0.2, 0.25) is 0 Å². The molecule has 3 saturated carbocycles. The van der Waals surface area contributed by atoms with E-state index < -0.39 is 5.60 Å². The molecule has 29 heavy (non-hydrogen) atoms. The summed E-state index contributed by atoms with van der Waals surface area (Å²) >= 11 is 0. The Kier molecular flexibility index (Phi) is 5.39. The molecule has 2 N–H and O–H groups in total. The van der Waals surface area contributed by atoms with Crippen LogP contribution in [-0.2, 0) is 0 Å². The second kappa shape index (κ2) is 7.23. The summed E-state index contributed by atoms with van der Waals surface area (Å²) in [5, 5.41) is 21.6. The van der Waals surface area contributed by atoms with Gasteiger partial charge < -0.3 is 10.2 Å². The first-order valence-electron chi connectivity index (χ1n) is 12.3. The Morgan fingerprint density at radius 2 is 1.83 bits per heavy atom. The van der Waals surface area contributed by atoms with Crippen molar-refractivity contribution in [1.29, 1.82) is 0 Å². The van der Waals surface area contributed by atoms with Crippen LogP contribution in [0.25, 0.3) is 0 Å². The average Bonchev–Trinajstić information content (AvgIpc) is 3.04. The molecule has 0 radical (unpaired) electrons. The molecule has 0 bridgehead atoms. The number of aliphatic hydroxyl groups excluding tert-OH is 1. The highest BCUT2D eigenvalue weighted by molar-refractivity contribution is 5.25. The minimum Gasteiger partial charge on any atom is -0.393 e.